The molecule has 3 rings (SSSR count). The summed E-state index contributed by atoms with van der Waals surface area (Å²) in [5.74, 6) is -0.124. The van der Waals surface area contributed by atoms with Gasteiger partial charge >= 0.3 is 0 Å². The molecule has 1 amide bonds. The average Bonchev–Trinajstić information content (AvgIpc) is 2.71. The molecule has 0 bridgehead atoms. The van der Waals surface area contributed by atoms with E-state index in [2.05, 4.69) is 22.5 Å². The summed E-state index contributed by atoms with van der Waals surface area (Å²) >= 11 is 0. The van der Waals surface area contributed by atoms with Crippen molar-refractivity contribution in [3.05, 3.63) is 66.4 Å². The molecule has 140 valence electrons. The zero-order chi connectivity index (χ0) is 18.9. The van der Waals surface area contributed by atoms with E-state index in [0.29, 0.717) is 11.3 Å². The molecule has 0 saturated heterocycles. The fraction of sp³-hybridized carbons (Fsp3) is 0.304. The maximum atomic E-state index is 12.8. The van der Waals surface area contributed by atoms with Crippen LogP contribution < -0.4 is 10.6 Å². The first-order valence-electron chi connectivity index (χ1n) is 9.77. The van der Waals surface area contributed by atoms with Crippen LogP contribution in [0.3, 0.4) is 0 Å². The summed E-state index contributed by atoms with van der Waals surface area (Å²) < 4.78 is 0. The number of rotatable bonds is 9. The van der Waals surface area contributed by atoms with E-state index < -0.39 is 0 Å². The third-order valence-electron chi connectivity index (χ3n) is 4.62. The summed E-state index contributed by atoms with van der Waals surface area (Å²) in [5, 5.41) is 7.39. The monoisotopic (exact) mass is 361 g/mol. The Morgan fingerprint density at radius 1 is 0.963 bits per heavy atom. The lowest BCUT2D eigenvalue weighted by molar-refractivity contribution is 0.102. The van der Waals surface area contributed by atoms with Crippen molar-refractivity contribution in [1.29, 1.82) is 0 Å². The number of fused-ring (bicyclic) bond motifs is 1. The Morgan fingerprint density at radius 2 is 1.74 bits per heavy atom. The van der Waals surface area contributed by atoms with E-state index in [1.807, 2.05) is 54.6 Å². The zero-order valence-electron chi connectivity index (χ0n) is 15.9. The van der Waals surface area contributed by atoms with E-state index in [1.54, 1.807) is 6.20 Å². The van der Waals surface area contributed by atoms with E-state index in [1.165, 1.54) is 25.7 Å². The van der Waals surface area contributed by atoms with Crippen molar-refractivity contribution in [1.82, 2.24) is 4.98 Å². The molecule has 2 N–H and O–H groups in total. The Bertz CT molecular complexity index is 891. The van der Waals surface area contributed by atoms with Crippen LogP contribution in [0, 0.1) is 0 Å². The molecule has 0 spiro atoms. The molecular weight excluding hydrogens is 334 g/mol. The topological polar surface area (TPSA) is 54.0 Å². The number of carbonyl (C=O) groups is 1. The van der Waals surface area contributed by atoms with Crippen LogP contribution in [0.25, 0.3) is 10.9 Å². The molecule has 0 fully saturated rings. The molecule has 0 unspecified atom stereocenters. The fourth-order valence-corrected chi connectivity index (χ4v) is 3.12. The summed E-state index contributed by atoms with van der Waals surface area (Å²) in [6.45, 7) is 3.10. The van der Waals surface area contributed by atoms with Crippen LogP contribution in [-0.4, -0.2) is 17.4 Å². The van der Waals surface area contributed by atoms with Crippen molar-refractivity contribution in [3.8, 4) is 0 Å². The molecule has 3 aromatic rings. The lowest BCUT2D eigenvalue weighted by Crippen LogP contribution is -2.15. The maximum absolute atomic E-state index is 12.8. The van der Waals surface area contributed by atoms with Crippen LogP contribution in [0.4, 0.5) is 11.4 Å². The molecule has 2 aromatic carbocycles. The Morgan fingerprint density at radius 3 is 2.63 bits per heavy atom. The molecule has 0 aliphatic rings. The first-order chi connectivity index (χ1) is 13.3. The molecule has 1 heterocycles. The van der Waals surface area contributed by atoms with E-state index in [0.717, 1.165) is 29.6 Å². The van der Waals surface area contributed by atoms with Gasteiger partial charge in [0.2, 0.25) is 0 Å². The van der Waals surface area contributed by atoms with Crippen molar-refractivity contribution in [2.24, 2.45) is 0 Å². The minimum absolute atomic E-state index is 0.124. The fourth-order valence-electron chi connectivity index (χ4n) is 3.12. The molecule has 0 aliphatic carbocycles. The second-order valence-corrected chi connectivity index (χ2v) is 6.76. The van der Waals surface area contributed by atoms with E-state index >= 15 is 0 Å². The van der Waals surface area contributed by atoms with Gasteiger partial charge in [-0.15, -0.1) is 0 Å². The molecule has 0 radical (unpaired) electrons. The van der Waals surface area contributed by atoms with Crippen molar-refractivity contribution < 1.29 is 4.79 Å². The number of para-hydroxylation sites is 2. The first-order valence-corrected chi connectivity index (χ1v) is 9.77. The standard InChI is InChI=1S/C23H27N3O/c1-2-3-4-5-10-15-24-22-14-9-7-12-20(22)23(27)26-19-16-18-11-6-8-13-21(18)25-17-19/h6-9,11-14,16-17,24H,2-5,10,15H2,1H3,(H,26,27). The second kappa shape index (κ2) is 9.72. The smallest absolute Gasteiger partial charge is 0.257 e. The molecule has 0 saturated carbocycles. The highest BCUT2D eigenvalue weighted by molar-refractivity contribution is 6.08. The maximum Gasteiger partial charge on any atom is 0.257 e. The minimum Gasteiger partial charge on any atom is -0.384 e. The number of carbonyl (C=O) groups excluding carboxylic acids is 1. The Labute approximate surface area is 161 Å². The molecule has 27 heavy (non-hydrogen) atoms. The minimum atomic E-state index is -0.124. The van der Waals surface area contributed by atoms with Gasteiger partial charge in [-0.2, -0.15) is 0 Å². The number of hydrogen-bond donors (Lipinski definition) is 2. The largest absolute Gasteiger partial charge is 0.384 e. The third kappa shape index (κ3) is 5.30. The quantitative estimate of drug-likeness (QED) is 0.469. The van der Waals surface area contributed by atoms with Gasteiger partial charge in [-0.05, 0) is 30.7 Å². The summed E-state index contributed by atoms with van der Waals surface area (Å²) in [5.41, 5.74) is 3.15. The average molecular weight is 361 g/mol. The number of pyridine rings is 1. The van der Waals surface area contributed by atoms with Crippen molar-refractivity contribution in [2.45, 2.75) is 39.0 Å². The second-order valence-electron chi connectivity index (χ2n) is 6.76. The predicted octanol–water partition coefficient (Wildman–Crippen LogP) is 5.87. The third-order valence-corrected chi connectivity index (χ3v) is 4.62. The first kappa shape index (κ1) is 18.9. The molecular formula is C23H27N3O. The predicted molar refractivity (Wildman–Crippen MR) is 113 cm³/mol. The number of nitrogens with one attached hydrogen (secondary N) is 2. The summed E-state index contributed by atoms with van der Waals surface area (Å²) in [4.78, 5) is 17.2. The van der Waals surface area contributed by atoms with Crippen LogP contribution in [0.5, 0.6) is 0 Å². The van der Waals surface area contributed by atoms with Gasteiger partial charge in [0, 0.05) is 17.6 Å². The number of hydrogen-bond acceptors (Lipinski definition) is 3. The molecule has 0 aliphatic heterocycles. The number of nitrogens with zero attached hydrogens (tertiary/aromatic N) is 1. The Balaban J connectivity index is 1.63. The van der Waals surface area contributed by atoms with Crippen LogP contribution in [0.2, 0.25) is 0 Å². The van der Waals surface area contributed by atoms with Gasteiger partial charge in [0.15, 0.2) is 0 Å². The van der Waals surface area contributed by atoms with Gasteiger partial charge in [0.05, 0.1) is 23.0 Å². The van der Waals surface area contributed by atoms with Gasteiger partial charge in [-0.1, -0.05) is 62.9 Å². The Hall–Kier alpha value is -2.88. The summed E-state index contributed by atoms with van der Waals surface area (Å²) in [6, 6.07) is 17.5. The molecule has 1 aromatic heterocycles. The van der Waals surface area contributed by atoms with Gasteiger partial charge in [0.1, 0.15) is 0 Å². The number of benzene rings is 2. The zero-order valence-corrected chi connectivity index (χ0v) is 15.9. The lowest BCUT2D eigenvalue weighted by Gasteiger charge is -2.12. The van der Waals surface area contributed by atoms with Gasteiger partial charge < -0.3 is 10.6 Å². The van der Waals surface area contributed by atoms with E-state index in [4.69, 9.17) is 0 Å². The van der Waals surface area contributed by atoms with Crippen molar-refractivity contribution >= 4 is 28.2 Å². The summed E-state index contributed by atoms with van der Waals surface area (Å²) in [6.07, 6.45) is 7.85. The highest BCUT2D eigenvalue weighted by Gasteiger charge is 2.11. The van der Waals surface area contributed by atoms with Crippen LogP contribution in [0.15, 0.2) is 60.8 Å². The summed E-state index contributed by atoms with van der Waals surface area (Å²) in [7, 11) is 0. The van der Waals surface area contributed by atoms with Crippen LogP contribution in [-0.2, 0) is 0 Å². The van der Waals surface area contributed by atoms with Crippen molar-refractivity contribution in [2.75, 3.05) is 17.2 Å². The van der Waals surface area contributed by atoms with Crippen molar-refractivity contribution in [3.63, 3.8) is 0 Å². The van der Waals surface area contributed by atoms with Crippen LogP contribution >= 0.6 is 0 Å². The van der Waals surface area contributed by atoms with E-state index in [9.17, 15) is 4.79 Å². The molecule has 4 heteroatoms. The van der Waals surface area contributed by atoms with E-state index in [-0.39, 0.29) is 5.91 Å². The van der Waals surface area contributed by atoms with Crippen LogP contribution in [0.1, 0.15) is 49.4 Å². The normalized spacial score (nSPS) is 10.7. The number of aromatic nitrogens is 1. The lowest BCUT2D eigenvalue weighted by atomic mass is 10.1. The van der Waals surface area contributed by atoms with Gasteiger partial charge in [-0.25, -0.2) is 0 Å². The van der Waals surface area contributed by atoms with Gasteiger partial charge in [0.25, 0.3) is 5.91 Å². The highest BCUT2D eigenvalue weighted by atomic mass is 16.1. The Kier molecular flexibility index (Phi) is 6.80. The SMILES string of the molecule is CCCCCCCNc1ccccc1C(=O)Nc1cnc2ccccc2c1. The number of amides is 1. The molecule has 0 atom stereocenters. The number of unbranched alkanes of at least 4 members (excludes halogenated alkanes) is 4. The highest BCUT2D eigenvalue weighted by Crippen LogP contribution is 2.20. The van der Waals surface area contributed by atoms with Gasteiger partial charge in [-0.3, -0.25) is 9.78 Å². The molecule has 4 nitrogen and oxygen atoms in total. The number of anilines is 2.